The van der Waals surface area contributed by atoms with Crippen LogP contribution in [0.15, 0.2) is 18.2 Å². The number of benzene rings is 1. The second kappa shape index (κ2) is 8.02. The molecule has 1 aromatic rings. The third-order valence-electron chi connectivity index (χ3n) is 2.99. The van der Waals surface area contributed by atoms with E-state index in [1.165, 1.54) is 0 Å². The zero-order chi connectivity index (χ0) is 13.3. The van der Waals surface area contributed by atoms with Gasteiger partial charge in [-0.3, -0.25) is 0 Å². The lowest BCUT2D eigenvalue weighted by molar-refractivity contribution is 0.109. The SMILES string of the molecule is CCOCCCCCOCc1ccc2c(c1)OCO2. The van der Waals surface area contributed by atoms with E-state index < -0.39 is 0 Å². The zero-order valence-electron chi connectivity index (χ0n) is 11.5. The maximum Gasteiger partial charge on any atom is 0.231 e. The van der Waals surface area contributed by atoms with Crippen LogP contribution in [0.4, 0.5) is 0 Å². The van der Waals surface area contributed by atoms with Crippen LogP contribution < -0.4 is 9.47 Å². The highest BCUT2D eigenvalue weighted by Gasteiger charge is 2.12. The summed E-state index contributed by atoms with van der Waals surface area (Å²) in [6.45, 7) is 5.43. The number of fused-ring (bicyclic) bond motifs is 1. The molecule has 0 saturated carbocycles. The summed E-state index contributed by atoms with van der Waals surface area (Å²) >= 11 is 0. The van der Waals surface area contributed by atoms with Crippen LogP contribution in [0.5, 0.6) is 11.5 Å². The van der Waals surface area contributed by atoms with E-state index in [4.69, 9.17) is 18.9 Å². The van der Waals surface area contributed by atoms with Crippen molar-refractivity contribution in [3.8, 4) is 11.5 Å². The van der Waals surface area contributed by atoms with Crippen molar-refractivity contribution in [3.63, 3.8) is 0 Å². The lowest BCUT2D eigenvalue weighted by Crippen LogP contribution is -1.98. The summed E-state index contributed by atoms with van der Waals surface area (Å²) in [5.74, 6) is 1.64. The van der Waals surface area contributed by atoms with Crippen molar-refractivity contribution in [2.24, 2.45) is 0 Å². The van der Waals surface area contributed by atoms with E-state index in [9.17, 15) is 0 Å². The van der Waals surface area contributed by atoms with E-state index in [2.05, 4.69) is 0 Å². The molecule has 0 unspecified atom stereocenters. The van der Waals surface area contributed by atoms with E-state index in [-0.39, 0.29) is 0 Å². The number of hydrogen-bond acceptors (Lipinski definition) is 4. The van der Waals surface area contributed by atoms with Crippen molar-refractivity contribution in [1.29, 1.82) is 0 Å². The molecule has 0 aliphatic carbocycles. The average Bonchev–Trinajstić information content (AvgIpc) is 2.89. The Morgan fingerprint density at radius 1 is 1.00 bits per heavy atom. The van der Waals surface area contributed by atoms with Crippen molar-refractivity contribution < 1.29 is 18.9 Å². The van der Waals surface area contributed by atoms with Crippen LogP contribution >= 0.6 is 0 Å². The summed E-state index contributed by atoms with van der Waals surface area (Å²) in [7, 11) is 0. The van der Waals surface area contributed by atoms with Gasteiger partial charge < -0.3 is 18.9 Å². The second-order valence-electron chi connectivity index (χ2n) is 4.50. The van der Waals surface area contributed by atoms with Gasteiger partial charge in [0.25, 0.3) is 0 Å². The predicted molar refractivity (Wildman–Crippen MR) is 72.6 cm³/mol. The molecular formula is C15H22O4. The molecule has 106 valence electrons. The second-order valence-corrected chi connectivity index (χ2v) is 4.50. The molecule has 2 rings (SSSR count). The Morgan fingerprint density at radius 2 is 1.79 bits per heavy atom. The molecular weight excluding hydrogens is 244 g/mol. The van der Waals surface area contributed by atoms with Crippen LogP contribution in [-0.4, -0.2) is 26.6 Å². The molecule has 0 spiro atoms. The Morgan fingerprint density at radius 3 is 2.63 bits per heavy atom. The topological polar surface area (TPSA) is 36.9 Å². The average molecular weight is 266 g/mol. The smallest absolute Gasteiger partial charge is 0.231 e. The summed E-state index contributed by atoms with van der Waals surface area (Å²) in [6.07, 6.45) is 3.35. The molecule has 4 nitrogen and oxygen atoms in total. The quantitative estimate of drug-likeness (QED) is 0.643. The Hall–Kier alpha value is -1.26. The van der Waals surface area contributed by atoms with Gasteiger partial charge in [0, 0.05) is 19.8 Å². The first-order chi connectivity index (χ1) is 9.40. The first kappa shape index (κ1) is 14.2. The lowest BCUT2D eigenvalue weighted by atomic mass is 10.2. The van der Waals surface area contributed by atoms with Gasteiger partial charge in [-0.15, -0.1) is 0 Å². The normalized spacial score (nSPS) is 12.9. The minimum atomic E-state index is 0.319. The van der Waals surface area contributed by atoms with Crippen molar-refractivity contribution in [2.45, 2.75) is 32.8 Å². The van der Waals surface area contributed by atoms with Crippen LogP contribution in [0.2, 0.25) is 0 Å². The first-order valence-corrected chi connectivity index (χ1v) is 6.94. The van der Waals surface area contributed by atoms with Crippen molar-refractivity contribution in [1.82, 2.24) is 0 Å². The van der Waals surface area contributed by atoms with Gasteiger partial charge >= 0.3 is 0 Å². The maximum absolute atomic E-state index is 5.65. The molecule has 1 heterocycles. The molecule has 0 bridgehead atoms. The molecule has 19 heavy (non-hydrogen) atoms. The highest BCUT2D eigenvalue weighted by molar-refractivity contribution is 5.44. The van der Waals surface area contributed by atoms with Gasteiger partial charge in [-0.25, -0.2) is 0 Å². The lowest BCUT2D eigenvalue weighted by Gasteiger charge is -2.05. The van der Waals surface area contributed by atoms with Gasteiger partial charge in [-0.05, 0) is 43.9 Å². The fourth-order valence-corrected chi connectivity index (χ4v) is 1.95. The van der Waals surface area contributed by atoms with Gasteiger partial charge in [-0.2, -0.15) is 0 Å². The van der Waals surface area contributed by atoms with E-state index in [0.29, 0.717) is 13.4 Å². The molecule has 1 aromatic carbocycles. The Bertz CT molecular complexity index is 378. The molecule has 4 heteroatoms. The zero-order valence-corrected chi connectivity index (χ0v) is 11.5. The molecule has 0 fully saturated rings. The Kier molecular flexibility index (Phi) is 5.98. The first-order valence-electron chi connectivity index (χ1n) is 6.94. The van der Waals surface area contributed by atoms with Crippen LogP contribution in [-0.2, 0) is 16.1 Å². The Balaban J connectivity index is 1.56. The summed E-state index contributed by atoms with van der Waals surface area (Å²) in [4.78, 5) is 0. The van der Waals surface area contributed by atoms with Gasteiger partial charge in [0.2, 0.25) is 6.79 Å². The third kappa shape index (κ3) is 4.73. The maximum atomic E-state index is 5.65. The predicted octanol–water partition coefficient (Wildman–Crippen LogP) is 3.14. The minimum absolute atomic E-state index is 0.319. The monoisotopic (exact) mass is 266 g/mol. The molecule has 1 aliphatic rings. The molecule has 0 amide bonds. The third-order valence-corrected chi connectivity index (χ3v) is 2.99. The molecule has 1 aliphatic heterocycles. The molecule has 0 N–H and O–H groups in total. The fourth-order valence-electron chi connectivity index (χ4n) is 1.95. The van der Waals surface area contributed by atoms with Crippen LogP contribution in [0.3, 0.4) is 0 Å². The van der Waals surface area contributed by atoms with Crippen molar-refractivity contribution in [3.05, 3.63) is 23.8 Å². The number of hydrogen-bond donors (Lipinski definition) is 0. The highest BCUT2D eigenvalue weighted by atomic mass is 16.7. The van der Waals surface area contributed by atoms with Gasteiger partial charge in [-0.1, -0.05) is 6.07 Å². The standard InChI is InChI=1S/C15H22O4/c1-2-16-8-4-3-5-9-17-11-13-6-7-14-15(10-13)19-12-18-14/h6-7,10H,2-5,8-9,11-12H2,1H3. The molecule has 0 atom stereocenters. The van der Waals surface area contributed by atoms with E-state index in [0.717, 1.165) is 56.1 Å². The summed E-state index contributed by atoms with van der Waals surface area (Å²) in [5, 5.41) is 0. The van der Waals surface area contributed by atoms with Gasteiger partial charge in [0.1, 0.15) is 0 Å². The van der Waals surface area contributed by atoms with E-state index >= 15 is 0 Å². The van der Waals surface area contributed by atoms with Crippen LogP contribution in [0.25, 0.3) is 0 Å². The van der Waals surface area contributed by atoms with Crippen LogP contribution in [0.1, 0.15) is 31.7 Å². The highest BCUT2D eigenvalue weighted by Crippen LogP contribution is 2.32. The molecule has 0 saturated heterocycles. The van der Waals surface area contributed by atoms with E-state index in [1.54, 1.807) is 0 Å². The summed E-state index contributed by atoms with van der Waals surface area (Å²) < 4.78 is 21.5. The van der Waals surface area contributed by atoms with Crippen molar-refractivity contribution >= 4 is 0 Å². The van der Waals surface area contributed by atoms with Crippen LogP contribution in [0, 0.1) is 0 Å². The van der Waals surface area contributed by atoms with Gasteiger partial charge in [0.15, 0.2) is 11.5 Å². The van der Waals surface area contributed by atoms with Gasteiger partial charge in [0.05, 0.1) is 6.61 Å². The fraction of sp³-hybridized carbons (Fsp3) is 0.600. The molecule has 0 radical (unpaired) electrons. The number of rotatable bonds is 9. The van der Waals surface area contributed by atoms with Crippen molar-refractivity contribution in [2.75, 3.05) is 26.6 Å². The van der Waals surface area contributed by atoms with E-state index in [1.807, 2.05) is 25.1 Å². The largest absolute Gasteiger partial charge is 0.454 e. The summed E-state index contributed by atoms with van der Waals surface area (Å²) in [5.41, 5.74) is 1.12. The Labute approximate surface area is 114 Å². The summed E-state index contributed by atoms with van der Waals surface area (Å²) in [6, 6.07) is 5.93. The number of ether oxygens (including phenoxy) is 4. The number of unbranched alkanes of at least 4 members (excludes halogenated alkanes) is 2. The minimum Gasteiger partial charge on any atom is -0.454 e. The molecule has 0 aromatic heterocycles.